The molecule has 1 heterocycles. The Kier molecular flexibility index (Phi) is 3.50. The minimum Gasteiger partial charge on any atom is -0.319 e. The molecular formula is C11H8Cl2FNS. The number of halogens is 3. The molecule has 1 aromatic carbocycles. The standard InChI is InChI=1S/C11H8Cl2FNS/c12-6-3-4-7(14)9(10(6)13)11(15)8-2-1-5-16-8/h1-5,11H,15H2/t11-/m0/s1. The lowest BCUT2D eigenvalue weighted by Gasteiger charge is -2.13. The van der Waals surface area contributed by atoms with Crippen LogP contribution in [0.1, 0.15) is 16.5 Å². The molecule has 0 aliphatic carbocycles. The Bertz CT molecular complexity index is 499. The fourth-order valence-corrected chi connectivity index (χ4v) is 2.61. The van der Waals surface area contributed by atoms with E-state index in [1.807, 2.05) is 17.5 Å². The highest BCUT2D eigenvalue weighted by molar-refractivity contribution is 7.10. The second-order valence-corrected chi connectivity index (χ2v) is 5.01. The van der Waals surface area contributed by atoms with E-state index in [2.05, 4.69) is 0 Å². The van der Waals surface area contributed by atoms with E-state index in [1.54, 1.807) is 0 Å². The maximum atomic E-state index is 13.7. The third kappa shape index (κ3) is 2.09. The Labute approximate surface area is 107 Å². The first-order chi connectivity index (χ1) is 7.61. The SMILES string of the molecule is N[C@@H](c1cccs1)c1c(F)ccc(Cl)c1Cl. The lowest BCUT2D eigenvalue weighted by Crippen LogP contribution is -2.13. The summed E-state index contributed by atoms with van der Waals surface area (Å²) in [4.78, 5) is 0.850. The van der Waals surface area contributed by atoms with Gasteiger partial charge in [0, 0.05) is 10.4 Å². The van der Waals surface area contributed by atoms with Crippen LogP contribution in [0, 0.1) is 5.82 Å². The van der Waals surface area contributed by atoms with Crippen molar-refractivity contribution in [3.63, 3.8) is 0 Å². The van der Waals surface area contributed by atoms with Gasteiger partial charge >= 0.3 is 0 Å². The van der Waals surface area contributed by atoms with Crippen molar-refractivity contribution in [2.45, 2.75) is 6.04 Å². The van der Waals surface area contributed by atoms with E-state index < -0.39 is 11.9 Å². The molecule has 0 fully saturated rings. The van der Waals surface area contributed by atoms with Gasteiger partial charge in [0.25, 0.3) is 0 Å². The summed E-state index contributed by atoms with van der Waals surface area (Å²) < 4.78 is 13.7. The quantitative estimate of drug-likeness (QED) is 0.815. The molecule has 2 rings (SSSR count). The molecule has 0 unspecified atom stereocenters. The molecule has 16 heavy (non-hydrogen) atoms. The molecule has 1 aromatic heterocycles. The molecule has 0 amide bonds. The Morgan fingerprint density at radius 1 is 1.25 bits per heavy atom. The summed E-state index contributed by atoms with van der Waals surface area (Å²) in [5.41, 5.74) is 6.21. The van der Waals surface area contributed by atoms with Gasteiger partial charge < -0.3 is 5.73 Å². The molecule has 0 radical (unpaired) electrons. The van der Waals surface area contributed by atoms with E-state index in [4.69, 9.17) is 28.9 Å². The minimum absolute atomic E-state index is 0.183. The van der Waals surface area contributed by atoms with E-state index in [-0.39, 0.29) is 10.6 Å². The third-order valence-electron chi connectivity index (χ3n) is 2.24. The number of thiophene rings is 1. The number of benzene rings is 1. The molecule has 0 aliphatic heterocycles. The molecule has 1 nitrogen and oxygen atoms in total. The van der Waals surface area contributed by atoms with Crippen molar-refractivity contribution in [2.24, 2.45) is 5.73 Å². The summed E-state index contributed by atoms with van der Waals surface area (Å²) in [6.07, 6.45) is 0. The first-order valence-electron chi connectivity index (χ1n) is 4.53. The maximum absolute atomic E-state index is 13.7. The maximum Gasteiger partial charge on any atom is 0.129 e. The zero-order valence-electron chi connectivity index (χ0n) is 8.08. The zero-order chi connectivity index (χ0) is 11.7. The van der Waals surface area contributed by atoms with Crippen LogP contribution >= 0.6 is 34.5 Å². The zero-order valence-corrected chi connectivity index (χ0v) is 10.4. The second kappa shape index (κ2) is 4.72. The highest BCUT2D eigenvalue weighted by Gasteiger charge is 2.19. The van der Waals surface area contributed by atoms with Gasteiger partial charge in [-0.2, -0.15) is 0 Å². The lowest BCUT2D eigenvalue weighted by molar-refractivity contribution is 0.601. The molecule has 2 N–H and O–H groups in total. The van der Waals surface area contributed by atoms with Crippen LogP contribution in [-0.4, -0.2) is 0 Å². The predicted molar refractivity (Wildman–Crippen MR) is 66.8 cm³/mol. The van der Waals surface area contributed by atoms with Gasteiger partial charge in [-0.25, -0.2) is 4.39 Å². The van der Waals surface area contributed by atoms with Crippen LogP contribution in [-0.2, 0) is 0 Å². The Morgan fingerprint density at radius 2 is 2.00 bits per heavy atom. The van der Waals surface area contributed by atoms with Crippen molar-refractivity contribution in [1.29, 1.82) is 0 Å². The number of hydrogen-bond acceptors (Lipinski definition) is 2. The van der Waals surface area contributed by atoms with Gasteiger partial charge in [-0.15, -0.1) is 11.3 Å². The van der Waals surface area contributed by atoms with Gasteiger partial charge in [0.15, 0.2) is 0 Å². The van der Waals surface area contributed by atoms with E-state index >= 15 is 0 Å². The van der Waals surface area contributed by atoms with Crippen LogP contribution in [0.4, 0.5) is 4.39 Å². The number of nitrogens with two attached hydrogens (primary N) is 1. The Balaban J connectivity index is 2.52. The van der Waals surface area contributed by atoms with Crippen LogP contribution < -0.4 is 5.73 Å². The van der Waals surface area contributed by atoms with Gasteiger partial charge in [0.1, 0.15) is 5.82 Å². The predicted octanol–water partition coefficient (Wildman–Crippen LogP) is 4.24. The summed E-state index contributed by atoms with van der Waals surface area (Å²) in [5.74, 6) is -0.435. The summed E-state index contributed by atoms with van der Waals surface area (Å²) >= 11 is 13.3. The molecule has 1 atom stereocenters. The van der Waals surface area contributed by atoms with Gasteiger partial charge in [0.05, 0.1) is 16.1 Å². The first-order valence-corrected chi connectivity index (χ1v) is 6.17. The third-order valence-corrected chi connectivity index (χ3v) is 4.01. The van der Waals surface area contributed by atoms with Gasteiger partial charge in [-0.05, 0) is 23.6 Å². The molecule has 0 saturated heterocycles. The van der Waals surface area contributed by atoms with E-state index in [9.17, 15) is 4.39 Å². The first kappa shape index (κ1) is 11.9. The second-order valence-electron chi connectivity index (χ2n) is 3.25. The molecule has 5 heteroatoms. The van der Waals surface area contributed by atoms with Crippen molar-refractivity contribution in [3.8, 4) is 0 Å². The molecule has 0 saturated carbocycles. The van der Waals surface area contributed by atoms with Crippen LogP contribution in [0.5, 0.6) is 0 Å². The minimum atomic E-state index is -0.578. The van der Waals surface area contributed by atoms with Crippen molar-refractivity contribution in [3.05, 3.63) is 55.9 Å². The highest BCUT2D eigenvalue weighted by Crippen LogP contribution is 2.35. The topological polar surface area (TPSA) is 26.0 Å². The summed E-state index contributed by atoms with van der Waals surface area (Å²) in [6.45, 7) is 0. The molecular weight excluding hydrogens is 268 g/mol. The van der Waals surface area contributed by atoms with Crippen molar-refractivity contribution < 1.29 is 4.39 Å². The fourth-order valence-electron chi connectivity index (χ4n) is 1.44. The summed E-state index contributed by atoms with van der Waals surface area (Å²) in [6, 6.07) is 5.81. The number of hydrogen-bond donors (Lipinski definition) is 1. The van der Waals surface area contributed by atoms with E-state index in [0.29, 0.717) is 5.02 Å². The van der Waals surface area contributed by atoms with Crippen LogP contribution in [0.2, 0.25) is 10.0 Å². The van der Waals surface area contributed by atoms with Gasteiger partial charge in [-0.3, -0.25) is 0 Å². The van der Waals surface area contributed by atoms with Gasteiger partial charge in [0.2, 0.25) is 0 Å². The van der Waals surface area contributed by atoms with Gasteiger partial charge in [-0.1, -0.05) is 29.3 Å². The van der Waals surface area contributed by atoms with Crippen molar-refractivity contribution in [2.75, 3.05) is 0 Å². The molecule has 2 aromatic rings. The Hall–Kier alpha value is -0.610. The average Bonchev–Trinajstić information content (AvgIpc) is 2.77. The average molecular weight is 276 g/mol. The normalized spacial score (nSPS) is 12.8. The lowest BCUT2D eigenvalue weighted by atomic mass is 10.1. The molecule has 0 spiro atoms. The smallest absolute Gasteiger partial charge is 0.129 e. The molecule has 0 bridgehead atoms. The fraction of sp³-hybridized carbons (Fsp3) is 0.0909. The summed E-state index contributed by atoms with van der Waals surface area (Å²) in [7, 11) is 0. The number of rotatable bonds is 2. The van der Waals surface area contributed by atoms with E-state index in [0.717, 1.165) is 4.88 Å². The van der Waals surface area contributed by atoms with Crippen molar-refractivity contribution >= 4 is 34.5 Å². The summed E-state index contributed by atoms with van der Waals surface area (Å²) in [5, 5.41) is 2.37. The largest absolute Gasteiger partial charge is 0.319 e. The van der Waals surface area contributed by atoms with Crippen LogP contribution in [0.25, 0.3) is 0 Å². The van der Waals surface area contributed by atoms with E-state index in [1.165, 1.54) is 23.5 Å². The van der Waals surface area contributed by atoms with Crippen molar-refractivity contribution in [1.82, 2.24) is 0 Å². The highest BCUT2D eigenvalue weighted by atomic mass is 35.5. The van der Waals surface area contributed by atoms with Crippen LogP contribution in [0.15, 0.2) is 29.6 Å². The molecule has 0 aliphatic rings. The molecule has 84 valence electrons. The monoisotopic (exact) mass is 275 g/mol. The Morgan fingerprint density at radius 3 is 2.62 bits per heavy atom. The van der Waals surface area contributed by atoms with Crippen LogP contribution in [0.3, 0.4) is 0 Å².